The molecule has 0 aliphatic rings. The fourth-order valence-corrected chi connectivity index (χ4v) is 4.01. The summed E-state index contributed by atoms with van der Waals surface area (Å²) >= 11 is 6.61. The zero-order valence-electron chi connectivity index (χ0n) is 18.0. The summed E-state index contributed by atoms with van der Waals surface area (Å²) in [6.45, 7) is 8.27. The Morgan fingerprint density at radius 2 is 1.83 bits per heavy atom. The molecule has 162 valence electrons. The van der Waals surface area contributed by atoms with Crippen molar-refractivity contribution in [2.45, 2.75) is 51.4 Å². The molecule has 1 aromatic rings. The molecule has 0 radical (unpaired) electrons. The first-order chi connectivity index (χ1) is 13.6. The molecule has 0 aliphatic carbocycles. The van der Waals surface area contributed by atoms with Gasteiger partial charge in [0.2, 0.25) is 4.38 Å². The van der Waals surface area contributed by atoms with Gasteiger partial charge in [0.25, 0.3) is 5.91 Å². The summed E-state index contributed by atoms with van der Waals surface area (Å²) in [6.07, 6.45) is 0.765. The third-order valence-corrected chi connectivity index (χ3v) is 5.21. The van der Waals surface area contributed by atoms with E-state index in [1.807, 2.05) is 27.7 Å². The van der Waals surface area contributed by atoms with Gasteiger partial charge < -0.3 is 19.1 Å². The molecule has 1 rings (SSSR count). The van der Waals surface area contributed by atoms with E-state index in [4.69, 9.17) is 26.4 Å². The van der Waals surface area contributed by atoms with Gasteiger partial charge in [-0.2, -0.15) is 0 Å². The minimum absolute atomic E-state index is 0.0891. The molecule has 0 aliphatic heterocycles. The maximum Gasteiger partial charge on any atom is 0.306 e. The van der Waals surface area contributed by atoms with E-state index in [9.17, 15) is 9.59 Å². The molecule has 0 spiro atoms. The first-order valence-electron chi connectivity index (χ1n) is 9.50. The van der Waals surface area contributed by atoms with Crippen LogP contribution in [0.3, 0.4) is 0 Å². The number of thiocarbonyl (C=S) groups is 1. The molecule has 6 nitrogen and oxygen atoms in total. The topological polar surface area (TPSA) is 65.1 Å². The van der Waals surface area contributed by atoms with E-state index >= 15 is 0 Å². The van der Waals surface area contributed by atoms with Gasteiger partial charge in [-0.1, -0.05) is 11.8 Å². The van der Waals surface area contributed by atoms with Crippen LogP contribution in [0.2, 0.25) is 0 Å². The summed E-state index contributed by atoms with van der Waals surface area (Å²) in [4.78, 5) is 26.5. The lowest BCUT2D eigenvalue weighted by atomic mass is 10.1. The highest BCUT2D eigenvalue weighted by molar-refractivity contribution is 8.23. The molecule has 0 N–H and O–H groups in total. The number of methoxy groups -OCH3 is 1. The van der Waals surface area contributed by atoms with Crippen molar-refractivity contribution in [1.82, 2.24) is 4.90 Å². The van der Waals surface area contributed by atoms with Crippen molar-refractivity contribution in [3.8, 4) is 5.75 Å². The van der Waals surface area contributed by atoms with E-state index in [1.54, 1.807) is 43.3 Å². The SMILES string of the molecule is CCOC(=S)SC(CCC(=O)OC(C)(C)C)CN(C)C(=O)c1ccc(OC)cc1. The molecule has 0 aromatic heterocycles. The number of benzene rings is 1. The molecule has 0 heterocycles. The standard InChI is InChI=1S/C21H31NO5S2/c1-7-26-20(28)29-17(12-13-18(23)27-21(2,3)4)14-22(5)19(24)15-8-10-16(25-6)11-9-15/h8-11,17H,7,12-14H2,1-6H3. The molecular formula is C21H31NO5S2. The largest absolute Gasteiger partial charge is 0.497 e. The van der Waals surface area contributed by atoms with E-state index in [0.29, 0.717) is 35.3 Å². The summed E-state index contributed by atoms with van der Waals surface area (Å²) in [5.41, 5.74) is 0.0400. The normalized spacial score (nSPS) is 12.1. The predicted molar refractivity (Wildman–Crippen MR) is 121 cm³/mol. The number of carbonyl (C=O) groups excluding carboxylic acids is 2. The number of rotatable bonds is 9. The van der Waals surface area contributed by atoms with E-state index in [0.717, 1.165) is 0 Å². The number of hydrogen-bond acceptors (Lipinski definition) is 7. The summed E-state index contributed by atoms with van der Waals surface area (Å²) < 4.78 is 16.3. The van der Waals surface area contributed by atoms with Crippen LogP contribution in [-0.2, 0) is 14.3 Å². The van der Waals surface area contributed by atoms with Crippen molar-refractivity contribution in [3.05, 3.63) is 29.8 Å². The Balaban J connectivity index is 2.76. The first-order valence-corrected chi connectivity index (χ1v) is 10.8. The van der Waals surface area contributed by atoms with Crippen LogP contribution in [0.4, 0.5) is 0 Å². The summed E-state index contributed by atoms with van der Waals surface area (Å²) in [7, 11) is 3.31. The maximum absolute atomic E-state index is 12.7. The smallest absolute Gasteiger partial charge is 0.306 e. The second-order valence-corrected chi connectivity index (χ2v) is 9.36. The van der Waals surface area contributed by atoms with E-state index in [-0.39, 0.29) is 23.5 Å². The Morgan fingerprint density at radius 3 is 2.34 bits per heavy atom. The van der Waals surface area contributed by atoms with E-state index < -0.39 is 5.60 Å². The highest BCUT2D eigenvalue weighted by Crippen LogP contribution is 2.22. The lowest BCUT2D eigenvalue weighted by Gasteiger charge is -2.25. The first kappa shape index (κ1) is 25.2. The molecule has 1 atom stereocenters. The van der Waals surface area contributed by atoms with E-state index in [2.05, 4.69) is 0 Å². The monoisotopic (exact) mass is 441 g/mol. The minimum Gasteiger partial charge on any atom is -0.497 e. The average Bonchev–Trinajstić information content (AvgIpc) is 2.64. The lowest BCUT2D eigenvalue weighted by Crippen LogP contribution is -2.34. The molecule has 0 fully saturated rings. The van der Waals surface area contributed by atoms with Gasteiger partial charge in [-0.05, 0) is 70.6 Å². The van der Waals surface area contributed by atoms with Gasteiger partial charge in [-0.3, -0.25) is 9.59 Å². The van der Waals surface area contributed by atoms with Crippen LogP contribution >= 0.6 is 24.0 Å². The zero-order valence-corrected chi connectivity index (χ0v) is 19.7. The third kappa shape index (κ3) is 9.99. The number of carbonyl (C=O) groups is 2. The molecule has 1 unspecified atom stereocenters. The van der Waals surface area contributed by atoms with Crippen LogP contribution in [0.25, 0.3) is 0 Å². The molecular weight excluding hydrogens is 410 g/mol. The van der Waals surface area contributed by atoms with Gasteiger partial charge in [0.05, 0.1) is 13.7 Å². The van der Waals surface area contributed by atoms with Gasteiger partial charge >= 0.3 is 5.97 Å². The fourth-order valence-electron chi connectivity index (χ4n) is 2.49. The average molecular weight is 442 g/mol. The van der Waals surface area contributed by atoms with Crippen LogP contribution in [0.1, 0.15) is 50.9 Å². The Hall–Kier alpha value is -1.80. The van der Waals surface area contributed by atoms with Crippen molar-refractivity contribution in [3.63, 3.8) is 0 Å². The molecule has 0 saturated carbocycles. The zero-order chi connectivity index (χ0) is 22.0. The van der Waals surface area contributed by atoms with Gasteiger partial charge in [0, 0.05) is 30.8 Å². The van der Waals surface area contributed by atoms with Gasteiger partial charge in [-0.15, -0.1) is 0 Å². The summed E-state index contributed by atoms with van der Waals surface area (Å²) in [5.74, 6) is 0.310. The quantitative estimate of drug-likeness (QED) is 0.418. The molecule has 1 aromatic carbocycles. The maximum atomic E-state index is 12.7. The van der Waals surface area contributed by atoms with Crippen molar-refractivity contribution in [1.29, 1.82) is 0 Å². The Morgan fingerprint density at radius 1 is 1.21 bits per heavy atom. The number of nitrogens with zero attached hydrogens (tertiary/aromatic N) is 1. The van der Waals surface area contributed by atoms with Crippen molar-refractivity contribution in [2.75, 3.05) is 27.3 Å². The van der Waals surface area contributed by atoms with Crippen molar-refractivity contribution in [2.24, 2.45) is 0 Å². The van der Waals surface area contributed by atoms with Crippen LogP contribution in [0.15, 0.2) is 24.3 Å². The van der Waals surface area contributed by atoms with E-state index in [1.165, 1.54) is 11.8 Å². The highest BCUT2D eigenvalue weighted by atomic mass is 32.2. The molecule has 0 bridgehead atoms. The Kier molecular flexibility index (Phi) is 10.5. The Labute approximate surface area is 183 Å². The summed E-state index contributed by atoms with van der Waals surface area (Å²) in [6, 6.07) is 6.96. The predicted octanol–water partition coefficient (Wildman–Crippen LogP) is 4.31. The number of ether oxygens (including phenoxy) is 3. The number of hydrogen-bond donors (Lipinski definition) is 0. The third-order valence-electron chi connectivity index (χ3n) is 3.78. The molecule has 8 heteroatoms. The van der Waals surface area contributed by atoms with Crippen LogP contribution in [0.5, 0.6) is 5.75 Å². The molecule has 1 amide bonds. The van der Waals surface area contributed by atoms with Gasteiger partial charge in [-0.25, -0.2) is 0 Å². The Bertz CT molecular complexity index is 685. The number of esters is 1. The number of amides is 1. The lowest BCUT2D eigenvalue weighted by molar-refractivity contribution is -0.154. The van der Waals surface area contributed by atoms with Crippen LogP contribution in [0, 0.1) is 0 Å². The van der Waals surface area contributed by atoms with Crippen LogP contribution < -0.4 is 4.74 Å². The molecule has 29 heavy (non-hydrogen) atoms. The van der Waals surface area contributed by atoms with Crippen molar-refractivity contribution >= 4 is 40.2 Å². The second kappa shape index (κ2) is 12.0. The van der Waals surface area contributed by atoms with Gasteiger partial charge in [0.1, 0.15) is 11.4 Å². The van der Waals surface area contributed by atoms with Crippen LogP contribution in [-0.4, -0.2) is 59.3 Å². The van der Waals surface area contributed by atoms with Crippen molar-refractivity contribution < 1.29 is 23.8 Å². The molecule has 0 saturated heterocycles. The number of thioether (sulfide) groups is 1. The summed E-state index contributed by atoms with van der Waals surface area (Å²) in [5, 5.41) is -0.0891. The minimum atomic E-state index is -0.526. The highest BCUT2D eigenvalue weighted by Gasteiger charge is 2.23. The second-order valence-electron chi connectivity index (χ2n) is 7.46. The van der Waals surface area contributed by atoms with Gasteiger partial charge in [0.15, 0.2) is 0 Å². The fraction of sp³-hybridized carbons (Fsp3) is 0.571.